The lowest BCUT2D eigenvalue weighted by Gasteiger charge is -2.28. The Balaban J connectivity index is 1.42. The van der Waals surface area contributed by atoms with E-state index in [1.165, 1.54) is 36.3 Å². The molecular weight excluding hydrogens is 476 g/mol. The van der Waals surface area contributed by atoms with Crippen LogP contribution >= 0.6 is 0 Å². The van der Waals surface area contributed by atoms with Crippen molar-refractivity contribution < 1.29 is 33.4 Å². The van der Waals surface area contributed by atoms with E-state index in [-0.39, 0.29) is 32.1 Å². The van der Waals surface area contributed by atoms with Crippen molar-refractivity contribution in [2.24, 2.45) is 0 Å². The van der Waals surface area contributed by atoms with Crippen molar-refractivity contribution in [3.05, 3.63) is 89.5 Å². The van der Waals surface area contributed by atoms with Gasteiger partial charge in [-0.15, -0.1) is 0 Å². The minimum Gasteiger partial charge on any atom is -0.465 e. The number of anilines is 1. The summed E-state index contributed by atoms with van der Waals surface area (Å²) in [4.78, 5) is 54.3. The van der Waals surface area contributed by atoms with Gasteiger partial charge in [-0.25, -0.2) is 9.69 Å². The highest BCUT2D eigenvalue weighted by Crippen LogP contribution is 2.34. The molecule has 0 aliphatic carbocycles. The number of nitrogens with zero attached hydrogens (tertiary/aromatic N) is 2. The van der Waals surface area contributed by atoms with Crippen molar-refractivity contribution in [3.8, 4) is 11.5 Å². The Labute approximate surface area is 213 Å². The lowest BCUT2D eigenvalue weighted by molar-refractivity contribution is -0.138. The number of benzene rings is 3. The molecule has 0 saturated carbocycles. The van der Waals surface area contributed by atoms with Crippen LogP contribution in [0, 0.1) is 0 Å². The first-order chi connectivity index (χ1) is 17.9. The zero-order valence-corrected chi connectivity index (χ0v) is 20.1. The molecule has 0 bridgehead atoms. The average Bonchev–Trinajstić information content (AvgIpc) is 3.50. The molecule has 1 saturated heterocycles. The Morgan fingerprint density at radius 2 is 1.68 bits per heavy atom. The van der Waals surface area contributed by atoms with Crippen LogP contribution in [0.5, 0.6) is 11.5 Å². The number of ether oxygens (including phenoxy) is 3. The van der Waals surface area contributed by atoms with Crippen molar-refractivity contribution in [1.82, 2.24) is 4.90 Å². The second-order valence-electron chi connectivity index (χ2n) is 8.70. The predicted molar refractivity (Wildman–Crippen MR) is 132 cm³/mol. The van der Waals surface area contributed by atoms with Crippen molar-refractivity contribution in [2.75, 3.05) is 18.8 Å². The van der Waals surface area contributed by atoms with E-state index in [4.69, 9.17) is 14.2 Å². The molecule has 2 aliphatic heterocycles. The van der Waals surface area contributed by atoms with Gasteiger partial charge in [0.1, 0.15) is 6.04 Å². The number of carbonyl (C=O) groups excluding carboxylic acids is 4. The van der Waals surface area contributed by atoms with Crippen molar-refractivity contribution in [3.63, 3.8) is 0 Å². The monoisotopic (exact) mass is 500 g/mol. The first kappa shape index (κ1) is 24.1. The standard InChI is InChI=1S/C28H24N2O7/c1-35-28(34)20-8-10-21(11-9-20)30-26(32)15-22(27(30)33)29(25(31)14-18-5-3-2-4-6-18)16-19-7-12-23-24(13-19)37-17-36-23/h2-13,22H,14-17H2,1H3. The summed E-state index contributed by atoms with van der Waals surface area (Å²) in [5.41, 5.74) is 2.16. The fraction of sp³-hybridized carbons (Fsp3) is 0.214. The van der Waals surface area contributed by atoms with Crippen LogP contribution in [-0.2, 0) is 32.1 Å². The number of esters is 1. The highest BCUT2D eigenvalue weighted by atomic mass is 16.7. The van der Waals surface area contributed by atoms with Crippen LogP contribution in [0.1, 0.15) is 27.9 Å². The molecule has 9 heteroatoms. The summed E-state index contributed by atoms with van der Waals surface area (Å²) in [6.07, 6.45) is -0.0696. The molecular formula is C28H24N2O7. The third kappa shape index (κ3) is 4.88. The summed E-state index contributed by atoms with van der Waals surface area (Å²) in [5, 5.41) is 0. The van der Waals surface area contributed by atoms with Gasteiger partial charge in [-0.2, -0.15) is 0 Å². The summed E-state index contributed by atoms with van der Waals surface area (Å²) < 4.78 is 15.5. The number of rotatable bonds is 7. The molecule has 5 rings (SSSR count). The average molecular weight is 501 g/mol. The predicted octanol–water partition coefficient (Wildman–Crippen LogP) is 3.11. The van der Waals surface area contributed by atoms with E-state index < -0.39 is 23.8 Å². The Kier molecular flexibility index (Phi) is 6.59. The number of amides is 3. The molecule has 1 atom stereocenters. The lowest BCUT2D eigenvalue weighted by Crippen LogP contribution is -2.45. The first-order valence-corrected chi connectivity index (χ1v) is 11.7. The molecule has 3 aromatic carbocycles. The van der Waals surface area contributed by atoms with E-state index in [9.17, 15) is 19.2 Å². The number of carbonyl (C=O) groups is 4. The summed E-state index contributed by atoms with van der Waals surface area (Å²) in [6.45, 7) is 0.232. The fourth-order valence-electron chi connectivity index (χ4n) is 4.48. The second-order valence-corrected chi connectivity index (χ2v) is 8.70. The molecule has 0 radical (unpaired) electrons. The SMILES string of the molecule is COC(=O)c1ccc(N2C(=O)CC(N(Cc3ccc4c(c3)OCO4)C(=O)Cc3ccccc3)C2=O)cc1. The summed E-state index contributed by atoms with van der Waals surface area (Å²) in [6, 6.07) is 19.6. The van der Waals surface area contributed by atoms with Gasteiger partial charge in [-0.05, 0) is 47.5 Å². The van der Waals surface area contributed by atoms with E-state index >= 15 is 0 Å². The molecule has 0 spiro atoms. The lowest BCUT2D eigenvalue weighted by atomic mass is 10.1. The maximum absolute atomic E-state index is 13.5. The molecule has 1 unspecified atom stereocenters. The molecule has 2 aliphatic rings. The van der Waals surface area contributed by atoms with E-state index in [0.717, 1.165) is 16.0 Å². The van der Waals surface area contributed by atoms with E-state index in [0.29, 0.717) is 22.7 Å². The summed E-state index contributed by atoms with van der Waals surface area (Å²) in [5.74, 6) is -0.557. The van der Waals surface area contributed by atoms with Crippen LogP contribution in [0.25, 0.3) is 0 Å². The Bertz CT molecular complexity index is 1350. The van der Waals surface area contributed by atoms with Gasteiger partial charge < -0.3 is 19.1 Å². The van der Waals surface area contributed by atoms with Gasteiger partial charge in [0.2, 0.25) is 18.6 Å². The number of methoxy groups -OCH3 is 1. The van der Waals surface area contributed by atoms with Gasteiger partial charge in [0.05, 0.1) is 31.2 Å². The Hall–Kier alpha value is -4.66. The Morgan fingerprint density at radius 3 is 2.41 bits per heavy atom. The second kappa shape index (κ2) is 10.1. The molecule has 0 N–H and O–H groups in total. The van der Waals surface area contributed by atoms with Gasteiger partial charge in [0.15, 0.2) is 11.5 Å². The summed E-state index contributed by atoms with van der Waals surface area (Å²) in [7, 11) is 1.27. The quantitative estimate of drug-likeness (QED) is 0.363. The zero-order valence-electron chi connectivity index (χ0n) is 20.1. The minimum absolute atomic E-state index is 0.0805. The minimum atomic E-state index is -0.977. The fourth-order valence-corrected chi connectivity index (χ4v) is 4.48. The van der Waals surface area contributed by atoms with Gasteiger partial charge in [-0.3, -0.25) is 14.4 Å². The van der Waals surface area contributed by atoms with Crippen LogP contribution in [0.2, 0.25) is 0 Å². The number of imide groups is 1. The Morgan fingerprint density at radius 1 is 0.946 bits per heavy atom. The van der Waals surface area contributed by atoms with Gasteiger partial charge in [0, 0.05) is 6.54 Å². The molecule has 0 aromatic heterocycles. The topological polar surface area (TPSA) is 102 Å². The van der Waals surface area contributed by atoms with Crippen LogP contribution in [0.15, 0.2) is 72.8 Å². The smallest absolute Gasteiger partial charge is 0.337 e. The molecule has 9 nitrogen and oxygen atoms in total. The molecule has 1 fully saturated rings. The first-order valence-electron chi connectivity index (χ1n) is 11.7. The van der Waals surface area contributed by atoms with Crippen LogP contribution in [0.3, 0.4) is 0 Å². The van der Waals surface area contributed by atoms with Crippen LogP contribution in [0.4, 0.5) is 5.69 Å². The number of hydrogen-bond donors (Lipinski definition) is 0. The molecule has 3 aromatic rings. The van der Waals surface area contributed by atoms with Gasteiger partial charge >= 0.3 is 5.97 Å². The largest absolute Gasteiger partial charge is 0.465 e. The van der Waals surface area contributed by atoms with E-state index in [1.807, 2.05) is 30.3 Å². The zero-order chi connectivity index (χ0) is 25.9. The third-order valence-corrected chi connectivity index (χ3v) is 6.35. The maximum Gasteiger partial charge on any atom is 0.337 e. The highest BCUT2D eigenvalue weighted by molar-refractivity contribution is 6.23. The third-order valence-electron chi connectivity index (χ3n) is 6.35. The highest BCUT2D eigenvalue weighted by Gasteiger charge is 2.44. The molecule has 37 heavy (non-hydrogen) atoms. The normalized spacial score (nSPS) is 16.1. The van der Waals surface area contributed by atoms with Crippen molar-refractivity contribution >= 4 is 29.4 Å². The summed E-state index contributed by atoms with van der Waals surface area (Å²) >= 11 is 0. The van der Waals surface area contributed by atoms with Gasteiger partial charge in [0.25, 0.3) is 5.91 Å². The van der Waals surface area contributed by atoms with Crippen molar-refractivity contribution in [2.45, 2.75) is 25.4 Å². The number of fused-ring (bicyclic) bond motifs is 1. The van der Waals surface area contributed by atoms with Gasteiger partial charge in [-0.1, -0.05) is 36.4 Å². The molecule has 2 heterocycles. The molecule has 3 amide bonds. The van der Waals surface area contributed by atoms with E-state index in [2.05, 4.69) is 0 Å². The van der Waals surface area contributed by atoms with Crippen LogP contribution in [-0.4, -0.2) is 48.5 Å². The number of hydrogen-bond acceptors (Lipinski definition) is 7. The van der Waals surface area contributed by atoms with Crippen LogP contribution < -0.4 is 14.4 Å². The maximum atomic E-state index is 13.5. The van der Waals surface area contributed by atoms with E-state index in [1.54, 1.807) is 18.2 Å². The van der Waals surface area contributed by atoms with Crippen molar-refractivity contribution in [1.29, 1.82) is 0 Å². The molecule has 188 valence electrons.